The van der Waals surface area contributed by atoms with Crippen LogP contribution in [0.1, 0.15) is 31.9 Å². The lowest BCUT2D eigenvalue weighted by atomic mass is 9.78. The molecule has 0 saturated carbocycles. The summed E-state index contributed by atoms with van der Waals surface area (Å²) in [5, 5.41) is 0. The molecule has 1 rings (SSSR count). The second-order valence-electron chi connectivity index (χ2n) is 4.56. The van der Waals surface area contributed by atoms with Gasteiger partial charge in [-0.05, 0) is 36.1 Å². The first-order valence-corrected chi connectivity index (χ1v) is 5.18. The molecule has 2 nitrogen and oxygen atoms in total. The Morgan fingerprint density at radius 3 is 2.27 bits per heavy atom. The summed E-state index contributed by atoms with van der Waals surface area (Å²) in [4.78, 5) is 0. The normalized spacial score (nSPS) is 13.9. The third-order valence-corrected chi connectivity index (χ3v) is 2.86. The van der Waals surface area contributed by atoms with E-state index < -0.39 is 0 Å². The Hall–Kier alpha value is -0.930. The SMILES string of the molecule is CC(C)(CCN)C(N)c1ccc(F)cc1. The molecule has 4 N–H and O–H groups in total. The van der Waals surface area contributed by atoms with Gasteiger partial charge in [-0.1, -0.05) is 26.0 Å². The van der Waals surface area contributed by atoms with Crippen LogP contribution in [0, 0.1) is 11.2 Å². The molecule has 1 aromatic rings. The molecule has 0 saturated heterocycles. The zero-order valence-corrected chi connectivity index (χ0v) is 9.33. The first-order valence-electron chi connectivity index (χ1n) is 5.18. The van der Waals surface area contributed by atoms with Gasteiger partial charge in [0, 0.05) is 6.04 Å². The van der Waals surface area contributed by atoms with Gasteiger partial charge in [0.15, 0.2) is 0 Å². The predicted molar refractivity (Wildman–Crippen MR) is 60.8 cm³/mol. The van der Waals surface area contributed by atoms with Crippen molar-refractivity contribution in [1.82, 2.24) is 0 Å². The Kier molecular flexibility index (Phi) is 3.83. The Morgan fingerprint density at radius 2 is 1.80 bits per heavy atom. The van der Waals surface area contributed by atoms with Gasteiger partial charge in [0.25, 0.3) is 0 Å². The Morgan fingerprint density at radius 1 is 1.27 bits per heavy atom. The molecule has 1 atom stereocenters. The fourth-order valence-electron chi connectivity index (χ4n) is 1.65. The van der Waals surface area contributed by atoms with Crippen LogP contribution in [0.2, 0.25) is 0 Å². The molecule has 0 amide bonds. The summed E-state index contributed by atoms with van der Waals surface area (Å²) in [6.07, 6.45) is 0.853. The molecular formula is C12H19FN2. The van der Waals surface area contributed by atoms with E-state index in [1.807, 2.05) is 0 Å². The van der Waals surface area contributed by atoms with Crippen molar-refractivity contribution in [2.45, 2.75) is 26.3 Å². The Labute approximate surface area is 90.5 Å². The summed E-state index contributed by atoms with van der Waals surface area (Å²) in [6.45, 7) is 4.77. The van der Waals surface area contributed by atoms with E-state index in [0.717, 1.165) is 12.0 Å². The van der Waals surface area contributed by atoms with E-state index in [4.69, 9.17) is 11.5 Å². The molecule has 0 bridgehead atoms. The summed E-state index contributed by atoms with van der Waals surface area (Å²) in [5.41, 5.74) is 12.6. The van der Waals surface area contributed by atoms with E-state index in [2.05, 4.69) is 13.8 Å². The fraction of sp³-hybridized carbons (Fsp3) is 0.500. The molecule has 15 heavy (non-hydrogen) atoms. The van der Waals surface area contributed by atoms with Gasteiger partial charge in [-0.15, -0.1) is 0 Å². The van der Waals surface area contributed by atoms with Gasteiger partial charge in [-0.25, -0.2) is 4.39 Å². The maximum Gasteiger partial charge on any atom is 0.123 e. The molecule has 1 aromatic carbocycles. The van der Waals surface area contributed by atoms with Crippen molar-refractivity contribution >= 4 is 0 Å². The van der Waals surface area contributed by atoms with Crippen LogP contribution in [-0.2, 0) is 0 Å². The average molecular weight is 210 g/mol. The second kappa shape index (κ2) is 4.73. The molecule has 0 fully saturated rings. The zero-order chi connectivity index (χ0) is 11.5. The molecule has 1 unspecified atom stereocenters. The van der Waals surface area contributed by atoms with Crippen molar-refractivity contribution in [2.75, 3.05) is 6.54 Å². The highest BCUT2D eigenvalue weighted by molar-refractivity contribution is 5.21. The minimum absolute atomic E-state index is 0.0629. The zero-order valence-electron chi connectivity index (χ0n) is 9.33. The predicted octanol–water partition coefficient (Wildman–Crippen LogP) is 2.20. The third kappa shape index (κ3) is 3.01. The van der Waals surface area contributed by atoms with Crippen LogP contribution in [0.25, 0.3) is 0 Å². The van der Waals surface area contributed by atoms with Crippen molar-refractivity contribution in [2.24, 2.45) is 16.9 Å². The van der Waals surface area contributed by atoms with E-state index in [-0.39, 0.29) is 17.3 Å². The van der Waals surface area contributed by atoms with Gasteiger partial charge in [-0.2, -0.15) is 0 Å². The standard InChI is InChI=1S/C12H19FN2/c1-12(2,7-8-14)11(15)9-3-5-10(13)6-4-9/h3-6,11H,7-8,14-15H2,1-2H3. The number of benzene rings is 1. The molecule has 0 aromatic heterocycles. The lowest BCUT2D eigenvalue weighted by Crippen LogP contribution is -2.31. The largest absolute Gasteiger partial charge is 0.330 e. The topological polar surface area (TPSA) is 52.0 Å². The van der Waals surface area contributed by atoms with Crippen LogP contribution in [0.15, 0.2) is 24.3 Å². The highest BCUT2D eigenvalue weighted by atomic mass is 19.1. The highest BCUT2D eigenvalue weighted by Gasteiger charge is 2.26. The number of rotatable bonds is 4. The van der Waals surface area contributed by atoms with Crippen molar-refractivity contribution in [3.8, 4) is 0 Å². The molecule has 0 radical (unpaired) electrons. The summed E-state index contributed by atoms with van der Waals surface area (Å²) in [6, 6.07) is 6.24. The first-order chi connectivity index (χ1) is 6.97. The van der Waals surface area contributed by atoms with Crippen LogP contribution in [0.5, 0.6) is 0 Å². The van der Waals surface area contributed by atoms with Crippen molar-refractivity contribution < 1.29 is 4.39 Å². The van der Waals surface area contributed by atoms with E-state index >= 15 is 0 Å². The number of hydrogen-bond donors (Lipinski definition) is 2. The maximum atomic E-state index is 12.7. The summed E-state index contributed by atoms with van der Waals surface area (Å²) < 4.78 is 12.7. The Balaban J connectivity index is 2.84. The monoisotopic (exact) mass is 210 g/mol. The molecule has 0 spiro atoms. The molecule has 0 aliphatic heterocycles. The highest BCUT2D eigenvalue weighted by Crippen LogP contribution is 2.33. The minimum Gasteiger partial charge on any atom is -0.330 e. The van der Waals surface area contributed by atoms with Crippen LogP contribution in [0.3, 0.4) is 0 Å². The summed E-state index contributed by atoms with van der Waals surface area (Å²) in [5.74, 6) is -0.234. The quantitative estimate of drug-likeness (QED) is 0.800. The van der Waals surface area contributed by atoms with Gasteiger partial charge in [0.05, 0.1) is 0 Å². The lowest BCUT2D eigenvalue weighted by Gasteiger charge is -2.31. The van der Waals surface area contributed by atoms with Crippen LogP contribution < -0.4 is 11.5 Å². The average Bonchev–Trinajstić information content (AvgIpc) is 2.18. The van der Waals surface area contributed by atoms with E-state index in [0.29, 0.717) is 6.54 Å². The van der Waals surface area contributed by atoms with Gasteiger partial charge in [-0.3, -0.25) is 0 Å². The molecular weight excluding hydrogens is 191 g/mol. The van der Waals surface area contributed by atoms with Crippen LogP contribution in [0.4, 0.5) is 4.39 Å². The van der Waals surface area contributed by atoms with Crippen LogP contribution in [-0.4, -0.2) is 6.54 Å². The van der Waals surface area contributed by atoms with E-state index in [1.165, 1.54) is 12.1 Å². The Bertz CT molecular complexity index is 306. The van der Waals surface area contributed by atoms with Gasteiger partial charge >= 0.3 is 0 Å². The molecule has 84 valence electrons. The number of halogens is 1. The molecule has 3 heteroatoms. The van der Waals surface area contributed by atoms with Crippen molar-refractivity contribution in [1.29, 1.82) is 0 Å². The molecule has 0 aliphatic carbocycles. The summed E-state index contributed by atoms with van der Waals surface area (Å²) in [7, 11) is 0. The minimum atomic E-state index is -0.234. The van der Waals surface area contributed by atoms with Gasteiger partial charge in [0.2, 0.25) is 0 Å². The van der Waals surface area contributed by atoms with E-state index in [9.17, 15) is 4.39 Å². The smallest absolute Gasteiger partial charge is 0.123 e. The number of hydrogen-bond acceptors (Lipinski definition) is 2. The molecule has 0 heterocycles. The first kappa shape index (κ1) is 12.1. The van der Waals surface area contributed by atoms with Crippen molar-refractivity contribution in [3.63, 3.8) is 0 Å². The third-order valence-electron chi connectivity index (χ3n) is 2.86. The summed E-state index contributed by atoms with van der Waals surface area (Å²) >= 11 is 0. The molecule has 0 aliphatic rings. The number of nitrogens with two attached hydrogens (primary N) is 2. The fourth-order valence-corrected chi connectivity index (χ4v) is 1.65. The van der Waals surface area contributed by atoms with E-state index in [1.54, 1.807) is 12.1 Å². The van der Waals surface area contributed by atoms with Gasteiger partial charge in [0.1, 0.15) is 5.82 Å². The second-order valence-corrected chi connectivity index (χ2v) is 4.56. The lowest BCUT2D eigenvalue weighted by molar-refractivity contribution is 0.271. The van der Waals surface area contributed by atoms with Gasteiger partial charge < -0.3 is 11.5 Å². The van der Waals surface area contributed by atoms with Crippen LogP contribution >= 0.6 is 0 Å². The van der Waals surface area contributed by atoms with Crippen molar-refractivity contribution in [3.05, 3.63) is 35.6 Å². The maximum absolute atomic E-state index is 12.7.